The van der Waals surface area contributed by atoms with Crippen LogP contribution in [-0.4, -0.2) is 21.4 Å². The van der Waals surface area contributed by atoms with Gasteiger partial charge >= 0.3 is 0 Å². The van der Waals surface area contributed by atoms with Crippen LogP contribution in [0.1, 0.15) is 46.4 Å². The molecule has 202 valence electrons. The van der Waals surface area contributed by atoms with E-state index in [1.165, 1.54) is 4.31 Å². The van der Waals surface area contributed by atoms with Crippen molar-refractivity contribution in [1.82, 2.24) is 5.32 Å². The summed E-state index contributed by atoms with van der Waals surface area (Å²) in [6.45, 7) is 3.90. The minimum atomic E-state index is -4.02. The molecule has 1 N–H and O–H groups in total. The van der Waals surface area contributed by atoms with Crippen molar-refractivity contribution in [3.05, 3.63) is 124 Å². The molecule has 0 fully saturated rings. The number of para-hydroxylation sites is 1. The number of aryl methyl sites for hydroxylation is 1. The quantitative estimate of drug-likeness (QED) is 0.227. The number of methoxy groups -OCH3 is 1. The van der Waals surface area contributed by atoms with Gasteiger partial charge in [-0.15, -0.1) is 0 Å². The zero-order valence-electron chi connectivity index (χ0n) is 22.1. The Morgan fingerprint density at radius 3 is 2.18 bits per heavy atom. The van der Waals surface area contributed by atoms with Gasteiger partial charge in [-0.3, -0.25) is 9.10 Å². The number of benzene rings is 4. The number of halogens is 1. The number of sulfonamides is 1. The number of hydrogen-bond donors (Lipinski definition) is 1. The normalized spacial score (nSPS) is 12.0. The van der Waals surface area contributed by atoms with Gasteiger partial charge in [-0.05, 0) is 73.0 Å². The number of amides is 1. The summed E-state index contributed by atoms with van der Waals surface area (Å²) in [6.07, 6.45) is 0.649. The molecule has 1 amide bonds. The van der Waals surface area contributed by atoms with Crippen LogP contribution in [0.15, 0.2) is 102 Å². The van der Waals surface area contributed by atoms with E-state index < -0.39 is 10.0 Å². The topological polar surface area (TPSA) is 75.7 Å². The molecule has 8 heteroatoms. The highest BCUT2D eigenvalue weighted by molar-refractivity contribution is 7.92. The Balaban J connectivity index is 1.74. The summed E-state index contributed by atoms with van der Waals surface area (Å²) in [5.41, 5.74) is 3.15. The Hall–Kier alpha value is -3.81. The van der Waals surface area contributed by atoms with Gasteiger partial charge in [-0.1, -0.05) is 72.6 Å². The van der Waals surface area contributed by atoms with Gasteiger partial charge in [0.2, 0.25) is 0 Å². The van der Waals surface area contributed by atoms with Crippen LogP contribution < -0.4 is 14.4 Å². The minimum absolute atomic E-state index is 0.0212. The third kappa shape index (κ3) is 6.61. The number of carbonyl (C=O) groups is 1. The molecule has 0 aliphatic carbocycles. The number of hydrogen-bond acceptors (Lipinski definition) is 4. The lowest BCUT2D eigenvalue weighted by atomic mass is 10.0. The smallest absolute Gasteiger partial charge is 0.264 e. The van der Waals surface area contributed by atoms with Crippen LogP contribution in [-0.2, 0) is 16.6 Å². The van der Waals surface area contributed by atoms with E-state index in [9.17, 15) is 13.2 Å². The second kappa shape index (κ2) is 12.4. The predicted octanol–water partition coefficient (Wildman–Crippen LogP) is 6.93. The average molecular weight is 563 g/mol. The van der Waals surface area contributed by atoms with Crippen molar-refractivity contribution in [2.24, 2.45) is 0 Å². The lowest BCUT2D eigenvalue weighted by Gasteiger charge is -2.27. The molecule has 4 aromatic rings. The second-order valence-electron chi connectivity index (χ2n) is 9.18. The fourth-order valence-corrected chi connectivity index (χ4v) is 5.87. The van der Waals surface area contributed by atoms with Gasteiger partial charge in [0.05, 0.1) is 35.8 Å². The molecule has 0 radical (unpaired) electrons. The SMILES string of the molecule is CC[C@@H](NC(=O)c1ccccc1N(Cc1ccc(Cl)cc1)S(=O)(=O)c1ccc(C)cc1)c1ccc(OC)cc1. The first-order valence-corrected chi connectivity index (χ1v) is 14.4. The zero-order valence-corrected chi connectivity index (χ0v) is 23.7. The Labute approximate surface area is 235 Å². The highest BCUT2D eigenvalue weighted by Crippen LogP contribution is 2.30. The van der Waals surface area contributed by atoms with Crippen molar-refractivity contribution in [3.8, 4) is 5.75 Å². The van der Waals surface area contributed by atoms with E-state index in [0.717, 1.165) is 22.4 Å². The summed E-state index contributed by atoms with van der Waals surface area (Å²) < 4.78 is 34.5. The molecule has 4 rings (SSSR count). The molecule has 0 saturated carbocycles. The van der Waals surface area contributed by atoms with Crippen molar-refractivity contribution in [1.29, 1.82) is 0 Å². The maximum Gasteiger partial charge on any atom is 0.264 e. The molecular weight excluding hydrogens is 532 g/mol. The lowest BCUT2D eigenvalue weighted by molar-refractivity contribution is 0.0936. The van der Waals surface area contributed by atoms with Crippen LogP contribution in [0.3, 0.4) is 0 Å². The van der Waals surface area contributed by atoms with Crippen molar-refractivity contribution < 1.29 is 17.9 Å². The maximum atomic E-state index is 14.0. The molecule has 0 aromatic heterocycles. The number of nitrogens with zero attached hydrogens (tertiary/aromatic N) is 1. The number of rotatable bonds is 10. The maximum absolute atomic E-state index is 14.0. The van der Waals surface area contributed by atoms with E-state index in [0.29, 0.717) is 11.4 Å². The molecule has 4 aromatic carbocycles. The van der Waals surface area contributed by atoms with Gasteiger partial charge in [0.25, 0.3) is 15.9 Å². The number of nitrogens with one attached hydrogen (secondary N) is 1. The molecule has 0 saturated heterocycles. The summed E-state index contributed by atoms with van der Waals surface area (Å²) >= 11 is 6.07. The Kier molecular flexibility index (Phi) is 8.94. The summed E-state index contributed by atoms with van der Waals surface area (Å²) in [5, 5.41) is 3.63. The van der Waals surface area contributed by atoms with Crippen LogP contribution in [0.4, 0.5) is 5.69 Å². The summed E-state index contributed by atoms with van der Waals surface area (Å²) in [4.78, 5) is 13.8. The largest absolute Gasteiger partial charge is 0.497 e. The molecule has 6 nitrogen and oxygen atoms in total. The van der Waals surface area contributed by atoms with Crippen LogP contribution in [0.2, 0.25) is 5.02 Å². The molecule has 0 spiro atoms. The monoisotopic (exact) mass is 562 g/mol. The van der Waals surface area contributed by atoms with Crippen molar-refractivity contribution >= 4 is 33.2 Å². The van der Waals surface area contributed by atoms with Crippen molar-refractivity contribution in [3.63, 3.8) is 0 Å². The Morgan fingerprint density at radius 1 is 0.923 bits per heavy atom. The minimum Gasteiger partial charge on any atom is -0.497 e. The van der Waals surface area contributed by atoms with Gasteiger partial charge in [-0.2, -0.15) is 0 Å². The van der Waals surface area contributed by atoms with Crippen LogP contribution in [0.25, 0.3) is 0 Å². The standard InChI is InChI=1S/C31H31ClN2O4S/c1-4-29(24-13-17-26(38-3)18-14-24)33-31(35)28-7-5-6-8-30(28)34(21-23-11-15-25(32)16-12-23)39(36,37)27-19-9-22(2)10-20-27/h5-20,29H,4,21H2,1-3H3,(H,33,35)/t29-/m1/s1. The van der Waals surface area contributed by atoms with Crippen molar-refractivity contribution in [2.45, 2.75) is 37.8 Å². The van der Waals surface area contributed by atoms with Gasteiger partial charge in [0.1, 0.15) is 5.75 Å². The first-order valence-electron chi connectivity index (χ1n) is 12.6. The predicted molar refractivity (Wildman–Crippen MR) is 156 cm³/mol. The van der Waals surface area contributed by atoms with Gasteiger partial charge in [-0.25, -0.2) is 8.42 Å². The van der Waals surface area contributed by atoms with E-state index in [1.54, 1.807) is 79.9 Å². The molecular formula is C31H31ClN2O4S. The average Bonchev–Trinajstić information content (AvgIpc) is 2.95. The van der Waals surface area contributed by atoms with E-state index in [4.69, 9.17) is 16.3 Å². The van der Waals surface area contributed by atoms with Crippen LogP contribution in [0.5, 0.6) is 5.75 Å². The van der Waals surface area contributed by atoms with E-state index in [1.807, 2.05) is 38.1 Å². The summed E-state index contributed by atoms with van der Waals surface area (Å²) in [6, 6.07) is 27.7. The fraction of sp³-hybridized carbons (Fsp3) is 0.194. The fourth-order valence-electron chi connectivity index (χ4n) is 4.27. The second-order valence-corrected chi connectivity index (χ2v) is 11.5. The molecule has 39 heavy (non-hydrogen) atoms. The Morgan fingerprint density at radius 2 is 1.56 bits per heavy atom. The molecule has 0 aliphatic heterocycles. The number of carbonyl (C=O) groups excluding carboxylic acids is 1. The Bertz CT molecular complexity index is 1520. The molecule has 0 heterocycles. The number of anilines is 1. The van der Waals surface area contributed by atoms with Crippen LogP contribution in [0, 0.1) is 6.92 Å². The highest BCUT2D eigenvalue weighted by atomic mass is 35.5. The van der Waals surface area contributed by atoms with Gasteiger partial charge < -0.3 is 10.1 Å². The lowest BCUT2D eigenvalue weighted by Crippen LogP contribution is -2.34. The highest BCUT2D eigenvalue weighted by Gasteiger charge is 2.29. The van der Waals surface area contributed by atoms with E-state index >= 15 is 0 Å². The van der Waals surface area contributed by atoms with Crippen LogP contribution >= 0.6 is 11.6 Å². The third-order valence-corrected chi connectivity index (χ3v) is 8.52. The van der Waals surface area contributed by atoms with Gasteiger partial charge in [0.15, 0.2) is 0 Å². The summed E-state index contributed by atoms with van der Waals surface area (Å²) in [5.74, 6) is 0.359. The zero-order chi connectivity index (χ0) is 28.0. The molecule has 0 bridgehead atoms. The molecule has 0 aliphatic rings. The van der Waals surface area contributed by atoms with E-state index in [-0.39, 0.29) is 34.6 Å². The molecule has 1 atom stereocenters. The van der Waals surface area contributed by atoms with E-state index in [2.05, 4.69) is 5.32 Å². The van der Waals surface area contributed by atoms with Crippen molar-refractivity contribution in [2.75, 3.05) is 11.4 Å². The third-order valence-electron chi connectivity index (χ3n) is 6.50. The summed E-state index contributed by atoms with van der Waals surface area (Å²) in [7, 11) is -2.42. The molecule has 0 unspecified atom stereocenters. The number of ether oxygens (including phenoxy) is 1. The van der Waals surface area contributed by atoms with Gasteiger partial charge in [0, 0.05) is 5.02 Å². The first-order chi connectivity index (χ1) is 18.7. The first kappa shape index (κ1) is 28.2.